The molecule has 27 heavy (non-hydrogen) atoms. The number of ether oxygens (including phenoxy) is 2. The molecule has 1 atom stereocenters. The molecule has 0 spiro atoms. The fraction of sp³-hybridized carbons (Fsp3) is 0.682. The number of nitrogens with one attached hydrogen (secondary N) is 1. The molecule has 1 N–H and O–H groups in total. The average molecular weight is 375 g/mol. The lowest BCUT2D eigenvalue weighted by molar-refractivity contribution is -0.141. The predicted octanol–water partition coefficient (Wildman–Crippen LogP) is 3.94. The van der Waals surface area contributed by atoms with Gasteiger partial charge in [-0.15, -0.1) is 0 Å². The van der Waals surface area contributed by atoms with Crippen molar-refractivity contribution in [2.45, 2.75) is 52.1 Å². The highest BCUT2D eigenvalue weighted by Gasteiger charge is 2.48. The molecule has 2 aliphatic rings. The molecule has 3 rings (SSSR count). The minimum absolute atomic E-state index is 0.0557. The van der Waals surface area contributed by atoms with Crippen molar-refractivity contribution in [2.75, 3.05) is 38.2 Å². The van der Waals surface area contributed by atoms with Gasteiger partial charge in [-0.3, -0.25) is 9.69 Å². The summed E-state index contributed by atoms with van der Waals surface area (Å²) in [4.78, 5) is 15.2. The molecular formula is C22H34N2O3. The van der Waals surface area contributed by atoms with E-state index in [9.17, 15) is 4.79 Å². The van der Waals surface area contributed by atoms with Crippen molar-refractivity contribution >= 4 is 11.6 Å². The molecule has 1 aliphatic carbocycles. The van der Waals surface area contributed by atoms with Crippen LogP contribution in [0.5, 0.6) is 5.75 Å². The summed E-state index contributed by atoms with van der Waals surface area (Å²) < 4.78 is 11.7. The number of anilines is 1. The van der Waals surface area contributed by atoms with Crippen LogP contribution >= 0.6 is 0 Å². The van der Waals surface area contributed by atoms with Crippen molar-refractivity contribution in [2.24, 2.45) is 11.8 Å². The first-order valence-corrected chi connectivity index (χ1v) is 10.4. The van der Waals surface area contributed by atoms with E-state index >= 15 is 0 Å². The second kappa shape index (κ2) is 9.07. The van der Waals surface area contributed by atoms with E-state index in [2.05, 4.69) is 17.1 Å². The van der Waals surface area contributed by atoms with Gasteiger partial charge in [0.15, 0.2) is 0 Å². The van der Waals surface area contributed by atoms with Crippen LogP contribution in [0.15, 0.2) is 24.3 Å². The Hall–Kier alpha value is -1.59. The van der Waals surface area contributed by atoms with Gasteiger partial charge in [-0.05, 0) is 88.7 Å². The highest BCUT2D eigenvalue weighted by molar-refractivity contribution is 5.97. The lowest BCUT2D eigenvalue weighted by atomic mass is 9.99. The van der Waals surface area contributed by atoms with E-state index in [1.165, 1.54) is 25.9 Å². The van der Waals surface area contributed by atoms with Crippen LogP contribution in [-0.2, 0) is 9.53 Å². The Morgan fingerprint density at radius 2 is 1.85 bits per heavy atom. The van der Waals surface area contributed by atoms with Crippen LogP contribution in [0, 0.1) is 11.8 Å². The summed E-state index contributed by atoms with van der Waals surface area (Å²) in [5.74, 6) is 1.97. The highest BCUT2D eigenvalue weighted by Crippen LogP contribution is 2.42. The number of hydrogen-bond acceptors (Lipinski definition) is 4. The molecule has 2 fully saturated rings. The smallest absolute Gasteiger partial charge is 0.256 e. The highest BCUT2D eigenvalue weighted by atomic mass is 16.5. The standard InChI is InChI=1S/C22H34N2O3/c1-4-27-22(3,18-5-6-18)21(25)23-19-7-9-20(10-8-19)26-16-15-24-13-11-17(2)12-14-24/h7-10,17-18H,4-6,11-16H2,1-3H3,(H,23,25)/t22-/m0/s1. The average Bonchev–Trinajstić information content (AvgIpc) is 3.50. The van der Waals surface area contributed by atoms with Crippen molar-refractivity contribution in [3.05, 3.63) is 24.3 Å². The molecule has 0 aromatic heterocycles. The Kier molecular flexibility index (Phi) is 6.77. The molecule has 5 nitrogen and oxygen atoms in total. The number of amides is 1. The fourth-order valence-corrected chi connectivity index (χ4v) is 3.77. The lowest BCUT2D eigenvalue weighted by Gasteiger charge is -2.29. The second-order valence-corrected chi connectivity index (χ2v) is 8.17. The van der Waals surface area contributed by atoms with Crippen molar-refractivity contribution in [1.29, 1.82) is 0 Å². The normalized spacial score (nSPS) is 20.9. The number of piperidine rings is 1. The van der Waals surface area contributed by atoms with Crippen molar-refractivity contribution in [3.63, 3.8) is 0 Å². The molecule has 1 heterocycles. The van der Waals surface area contributed by atoms with Gasteiger partial charge in [-0.2, -0.15) is 0 Å². The van der Waals surface area contributed by atoms with Gasteiger partial charge in [0.05, 0.1) is 0 Å². The van der Waals surface area contributed by atoms with Crippen molar-refractivity contribution in [1.82, 2.24) is 4.90 Å². The molecular weight excluding hydrogens is 340 g/mol. The quantitative estimate of drug-likeness (QED) is 0.711. The molecule has 150 valence electrons. The molecule has 1 aromatic carbocycles. The molecule has 0 bridgehead atoms. The van der Waals surface area contributed by atoms with Gasteiger partial charge in [0.25, 0.3) is 5.91 Å². The third-order valence-electron chi connectivity index (χ3n) is 5.92. The van der Waals surface area contributed by atoms with Crippen LogP contribution in [0.2, 0.25) is 0 Å². The summed E-state index contributed by atoms with van der Waals surface area (Å²) in [5.41, 5.74) is 0.0551. The SMILES string of the molecule is CCO[C@](C)(C(=O)Nc1ccc(OCCN2CCC(C)CC2)cc1)C1CC1. The van der Waals surface area contributed by atoms with E-state index in [1.807, 2.05) is 38.1 Å². The first kappa shape index (κ1) is 20.2. The third-order valence-corrected chi connectivity index (χ3v) is 5.92. The van der Waals surface area contributed by atoms with Crippen LogP contribution in [0.4, 0.5) is 5.69 Å². The summed E-state index contributed by atoms with van der Waals surface area (Å²) in [6, 6.07) is 7.64. The Bertz CT molecular complexity index is 606. The largest absolute Gasteiger partial charge is 0.492 e. The lowest BCUT2D eigenvalue weighted by Crippen LogP contribution is -2.44. The summed E-state index contributed by atoms with van der Waals surface area (Å²) in [5, 5.41) is 3.00. The minimum Gasteiger partial charge on any atom is -0.492 e. The summed E-state index contributed by atoms with van der Waals surface area (Å²) in [7, 11) is 0. The maximum atomic E-state index is 12.7. The first-order chi connectivity index (χ1) is 13.0. The third kappa shape index (κ3) is 5.45. The van der Waals surface area contributed by atoms with Gasteiger partial charge in [0.1, 0.15) is 18.0 Å². The van der Waals surface area contributed by atoms with E-state index in [4.69, 9.17) is 9.47 Å². The topological polar surface area (TPSA) is 50.8 Å². The maximum absolute atomic E-state index is 12.7. The molecule has 1 aliphatic heterocycles. The van der Waals surface area contributed by atoms with Gasteiger partial charge in [-0.25, -0.2) is 0 Å². The Morgan fingerprint density at radius 1 is 1.19 bits per heavy atom. The Labute approximate surface area is 163 Å². The number of hydrogen-bond donors (Lipinski definition) is 1. The molecule has 5 heteroatoms. The second-order valence-electron chi connectivity index (χ2n) is 8.17. The number of carbonyl (C=O) groups is 1. The Balaban J connectivity index is 1.45. The number of carbonyl (C=O) groups excluding carboxylic acids is 1. The van der Waals surface area contributed by atoms with Gasteiger partial charge < -0.3 is 14.8 Å². The van der Waals surface area contributed by atoms with Gasteiger partial charge in [0.2, 0.25) is 0 Å². The molecule has 0 radical (unpaired) electrons. The molecule has 0 unspecified atom stereocenters. The molecule has 1 amide bonds. The fourth-order valence-electron chi connectivity index (χ4n) is 3.77. The number of nitrogens with zero attached hydrogens (tertiary/aromatic N) is 1. The van der Waals surface area contributed by atoms with Gasteiger partial charge in [-0.1, -0.05) is 6.92 Å². The summed E-state index contributed by atoms with van der Waals surface area (Å²) >= 11 is 0. The van der Waals surface area contributed by atoms with Crippen LogP contribution in [0.25, 0.3) is 0 Å². The van der Waals surface area contributed by atoms with Crippen LogP contribution in [0.1, 0.15) is 46.5 Å². The maximum Gasteiger partial charge on any atom is 0.256 e. The van der Waals surface area contributed by atoms with E-state index < -0.39 is 5.60 Å². The van der Waals surface area contributed by atoms with Gasteiger partial charge >= 0.3 is 0 Å². The molecule has 1 aromatic rings. The van der Waals surface area contributed by atoms with E-state index in [0.717, 1.165) is 36.7 Å². The zero-order valence-electron chi connectivity index (χ0n) is 17.0. The zero-order valence-corrected chi connectivity index (χ0v) is 17.0. The summed E-state index contributed by atoms with van der Waals surface area (Å²) in [6.45, 7) is 10.7. The van der Waals surface area contributed by atoms with E-state index in [-0.39, 0.29) is 5.91 Å². The minimum atomic E-state index is -0.726. The van der Waals surface area contributed by atoms with Crippen molar-refractivity contribution in [3.8, 4) is 5.75 Å². The van der Waals surface area contributed by atoms with E-state index in [0.29, 0.717) is 19.1 Å². The molecule has 1 saturated heterocycles. The molecule has 1 saturated carbocycles. The Morgan fingerprint density at radius 3 is 2.44 bits per heavy atom. The van der Waals surface area contributed by atoms with Crippen LogP contribution < -0.4 is 10.1 Å². The number of rotatable bonds is 9. The van der Waals surface area contributed by atoms with Crippen LogP contribution in [-0.4, -0.2) is 49.3 Å². The summed E-state index contributed by atoms with van der Waals surface area (Å²) in [6.07, 6.45) is 4.70. The van der Waals surface area contributed by atoms with Gasteiger partial charge in [0, 0.05) is 18.8 Å². The number of likely N-dealkylation sites (tertiary alicyclic amines) is 1. The van der Waals surface area contributed by atoms with Crippen molar-refractivity contribution < 1.29 is 14.3 Å². The number of benzene rings is 1. The zero-order chi connectivity index (χ0) is 19.3. The monoisotopic (exact) mass is 374 g/mol. The van der Waals surface area contributed by atoms with Crippen LogP contribution in [0.3, 0.4) is 0 Å². The first-order valence-electron chi connectivity index (χ1n) is 10.4. The van der Waals surface area contributed by atoms with E-state index in [1.54, 1.807) is 0 Å². The predicted molar refractivity (Wildman–Crippen MR) is 108 cm³/mol.